The molecule has 0 unspecified atom stereocenters. The monoisotopic (exact) mass is 242 g/mol. The topological polar surface area (TPSA) is 6.48 Å². The molecule has 0 saturated heterocycles. The second kappa shape index (κ2) is 7.38. The van der Waals surface area contributed by atoms with E-state index in [0.29, 0.717) is 0 Å². The zero-order valence-electron chi connectivity index (χ0n) is 11.7. The van der Waals surface area contributed by atoms with Crippen LogP contribution in [-0.4, -0.2) is 23.9 Å². The fourth-order valence-electron chi connectivity index (χ4n) is 1.40. The summed E-state index contributed by atoms with van der Waals surface area (Å²) < 4.78 is 0. The van der Waals surface area contributed by atoms with E-state index in [9.17, 15) is 0 Å². The molecule has 0 amide bonds. The lowest BCUT2D eigenvalue weighted by atomic mass is 10.2. The molecule has 0 bridgehead atoms. The van der Waals surface area contributed by atoms with Crippen LogP contribution >= 0.6 is 0 Å². The Hall–Kier alpha value is -1.96. The van der Waals surface area contributed by atoms with Gasteiger partial charge in [0.25, 0.3) is 0 Å². The van der Waals surface area contributed by atoms with Crippen LogP contribution in [0.25, 0.3) is 12.2 Å². The summed E-state index contributed by atoms with van der Waals surface area (Å²) in [6.07, 6.45) is 12.2. The quantitative estimate of drug-likeness (QED) is 0.687. The highest BCUT2D eigenvalue weighted by Gasteiger charge is 1.90. The molecule has 0 saturated carbocycles. The summed E-state index contributed by atoms with van der Waals surface area (Å²) in [5, 5.41) is 2.57. The van der Waals surface area contributed by atoms with Crippen molar-refractivity contribution >= 4 is 12.2 Å². The predicted octanol–water partition coefficient (Wildman–Crippen LogP) is 2.09. The van der Waals surface area contributed by atoms with Crippen molar-refractivity contribution in [1.82, 2.24) is 9.80 Å². The summed E-state index contributed by atoms with van der Waals surface area (Å²) in [5.74, 6) is 0. The van der Waals surface area contributed by atoms with Crippen molar-refractivity contribution in [3.05, 3.63) is 59.5 Å². The van der Waals surface area contributed by atoms with Crippen molar-refractivity contribution in [1.29, 1.82) is 0 Å². The Morgan fingerprint density at radius 1 is 0.667 bits per heavy atom. The summed E-state index contributed by atoms with van der Waals surface area (Å²) >= 11 is 0. The van der Waals surface area contributed by atoms with E-state index in [0.717, 1.165) is 0 Å². The molecule has 0 fully saturated rings. The van der Waals surface area contributed by atoms with E-state index in [-0.39, 0.29) is 0 Å². The maximum atomic E-state index is 2.12. The highest BCUT2D eigenvalue weighted by atomic mass is 15.2. The van der Waals surface area contributed by atoms with Gasteiger partial charge in [0.1, 0.15) is 0 Å². The maximum absolute atomic E-state index is 2.12. The molecule has 1 aliphatic heterocycles. The maximum Gasteiger partial charge on any atom is 0.0194 e. The lowest BCUT2D eigenvalue weighted by Crippen LogP contribution is -2.12. The zero-order valence-corrected chi connectivity index (χ0v) is 11.7. The summed E-state index contributed by atoms with van der Waals surface area (Å²) in [5.41, 5.74) is 0. The standard InChI is InChI=1S/C10H12.C6H10N2/c1-3-9-5-7-10(4-2)8-6-9;1-7-3-5-8(2)6-4-7/h3-8H,1-2H3;3-6H,1-2H3. The van der Waals surface area contributed by atoms with Gasteiger partial charge >= 0.3 is 0 Å². The van der Waals surface area contributed by atoms with Crippen LogP contribution in [0, 0.1) is 0 Å². The Kier molecular flexibility index (Phi) is 5.78. The number of rotatable bonds is 0. The molecule has 0 radical (unpaired) electrons. The molecule has 2 nitrogen and oxygen atoms in total. The van der Waals surface area contributed by atoms with Gasteiger partial charge < -0.3 is 9.80 Å². The third kappa shape index (κ3) is 4.91. The average molecular weight is 242 g/mol. The first-order chi connectivity index (χ1) is 8.65. The third-order valence-electron chi connectivity index (χ3n) is 2.68. The van der Waals surface area contributed by atoms with Gasteiger partial charge in [-0.25, -0.2) is 0 Å². The zero-order chi connectivity index (χ0) is 13.4. The average Bonchev–Trinajstić information content (AvgIpc) is 2.43. The molecule has 0 N–H and O–H groups in total. The van der Waals surface area contributed by atoms with Crippen LogP contribution in [0.15, 0.2) is 49.1 Å². The molecule has 0 atom stereocenters. The molecule has 0 aromatic heterocycles. The minimum Gasteiger partial charge on any atom is -0.354 e. The molecule has 0 spiro atoms. The van der Waals surface area contributed by atoms with E-state index in [4.69, 9.17) is 0 Å². The molecular weight excluding hydrogens is 220 g/mol. The minimum absolute atomic E-state index is 1.28. The summed E-state index contributed by atoms with van der Waals surface area (Å²) in [6.45, 7) is 4.09. The van der Waals surface area contributed by atoms with Gasteiger partial charge in [-0.05, 0) is 24.3 Å². The fourth-order valence-corrected chi connectivity index (χ4v) is 1.40. The number of nitrogens with zero attached hydrogens (tertiary/aromatic N) is 2. The van der Waals surface area contributed by atoms with Gasteiger partial charge in [0.15, 0.2) is 0 Å². The SMILES string of the molecule is CC=c1ccc(=CC)cc1.CN1C=CN(C)C=C1. The Balaban J connectivity index is 0.000000184. The molecule has 2 rings (SSSR count). The summed E-state index contributed by atoms with van der Waals surface area (Å²) in [7, 11) is 4.00. The summed E-state index contributed by atoms with van der Waals surface area (Å²) in [4.78, 5) is 4.00. The molecule has 1 heterocycles. The van der Waals surface area contributed by atoms with Crippen molar-refractivity contribution in [3.63, 3.8) is 0 Å². The van der Waals surface area contributed by atoms with Crippen LogP contribution in [0.5, 0.6) is 0 Å². The largest absolute Gasteiger partial charge is 0.354 e. The molecule has 1 aliphatic rings. The van der Waals surface area contributed by atoms with E-state index in [1.807, 2.05) is 62.5 Å². The molecule has 1 aromatic rings. The van der Waals surface area contributed by atoms with Crippen molar-refractivity contribution in [2.75, 3.05) is 14.1 Å². The van der Waals surface area contributed by atoms with Crippen LogP contribution in [-0.2, 0) is 0 Å². The normalized spacial score (nSPS) is 12.9. The van der Waals surface area contributed by atoms with Crippen molar-refractivity contribution in [3.8, 4) is 0 Å². The predicted molar refractivity (Wildman–Crippen MR) is 79.8 cm³/mol. The van der Waals surface area contributed by atoms with Gasteiger partial charge in [-0.1, -0.05) is 36.4 Å². The first-order valence-electron chi connectivity index (χ1n) is 6.15. The van der Waals surface area contributed by atoms with Gasteiger partial charge in [-0.15, -0.1) is 0 Å². The van der Waals surface area contributed by atoms with E-state index in [1.165, 1.54) is 10.4 Å². The first kappa shape index (κ1) is 14.1. The Bertz CT molecular complexity index is 442. The Morgan fingerprint density at radius 3 is 1.17 bits per heavy atom. The van der Waals surface area contributed by atoms with E-state index in [2.05, 4.69) is 36.4 Å². The van der Waals surface area contributed by atoms with Gasteiger partial charge in [0.2, 0.25) is 0 Å². The molecule has 2 heteroatoms. The van der Waals surface area contributed by atoms with E-state index < -0.39 is 0 Å². The summed E-state index contributed by atoms with van der Waals surface area (Å²) in [6, 6.07) is 8.48. The van der Waals surface area contributed by atoms with Gasteiger partial charge in [0, 0.05) is 38.9 Å². The highest BCUT2D eigenvalue weighted by Crippen LogP contribution is 1.97. The fraction of sp³-hybridized carbons (Fsp3) is 0.250. The molecule has 96 valence electrons. The molecule has 18 heavy (non-hydrogen) atoms. The Morgan fingerprint density at radius 2 is 0.944 bits per heavy atom. The van der Waals surface area contributed by atoms with Crippen molar-refractivity contribution in [2.24, 2.45) is 0 Å². The van der Waals surface area contributed by atoms with E-state index >= 15 is 0 Å². The number of hydrogen-bond acceptors (Lipinski definition) is 2. The van der Waals surface area contributed by atoms with E-state index in [1.54, 1.807) is 0 Å². The second-order valence-corrected chi connectivity index (χ2v) is 4.17. The van der Waals surface area contributed by atoms with Crippen molar-refractivity contribution < 1.29 is 0 Å². The molecule has 1 aromatic carbocycles. The molecule has 0 aliphatic carbocycles. The van der Waals surface area contributed by atoms with Gasteiger partial charge in [-0.3, -0.25) is 0 Å². The lowest BCUT2D eigenvalue weighted by molar-refractivity contribution is 0.519. The first-order valence-corrected chi connectivity index (χ1v) is 6.15. The smallest absolute Gasteiger partial charge is 0.0194 e. The second-order valence-electron chi connectivity index (χ2n) is 4.17. The van der Waals surface area contributed by atoms with Gasteiger partial charge in [0.05, 0.1) is 0 Å². The van der Waals surface area contributed by atoms with Crippen LogP contribution in [0.2, 0.25) is 0 Å². The highest BCUT2D eigenvalue weighted by molar-refractivity contribution is 5.25. The minimum atomic E-state index is 1.28. The Labute approximate surface area is 110 Å². The molecular formula is C16H22N2. The van der Waals surface area contributed by atoms with Crippen LogP contribution in [0.1, 0.15) is 13.8 Å². The van der Waals surface area contributed by atoms with Crippen molar-refractivity contribution in [2.45, 2.75) is 13.8 Å². The van der Waals surface area contributed by atoms with Crippen LogP contribution in [0.4, 0.5) is 0 Å². The van der Waals surface area contributed by atoms with Crippen LogP contribution < -0.4 is 10.4 Å². The number of benzene rings is 1. The van der Waals surface area contributed by atoms with Crippen LogP contribution in [0.3, 0.4) is 0 Å². The lowest BCUT2D eigenvalue weighted by Gasteiger charge is -2.17. The third-order valence-corrected chi connectivity index (χ3v) is 2.68. The van der Waals surface area contributed by atoms with Gasteiger partial charge in [-0.2, -0.15) is 0 Å². The number of hydrogen-bond donors (Lipinski definition) is 0.